The molecular formula is C25H27NO7S. The summed E-state index contributed by atoms with van der Waals surface area (Å²) in [5.41, 5.74) is 7.83. The van der Waals surface area contributed by atoms with Crippen LogP contribution in [0.4, 0.5) is 5.69 Å². The van der Waals surface area contributed by atoms with Crippen LogP contribution < -0.4 is 24.7 Å². The van der Waals surface area contributed by atoms with Crippen LogP contribution >= 0.6 is 0 Å². The van der Waals surface area contributed by atoms with Crippen molar-refractivity contribution in [3.63, 3.8) is 0 Å². The van der Waals surface area contributed by atoms with E-state index in [1.807, 2.05) is 0 Å². The smallest absolute Gasteiger partial charge is 0.203 e. The predicted molar refractivity (Wildman–Crippen MR) is 131 cm³/mol. The van der Waals surface area contributed by atoms with Gasteiger partial charge in [-0.3, -0.25) is 0 Å². The number of sulfone groups is 1. The molecule has 0 fully saturated rings. The summed E-state index contributed by atoms with van der Waals surface area (Å²) in [5.74, 6) is 1.17. The minimum Gasteiger partial charge on any atom is -0.504 e. The van der Waals surface area contributed by atoms with Crippen molar-refractivity contribution in [2.45, 2.75) is 10.6 Å². The molecule has 0 radical (unpaired) electrons. The Hall–Kier alpha value is -3.85. The molecule has 9 heteroatoms. The van der Waals surface area contributed by atoms with Crippen molar-refractivity contribution in [1.29, 1.82) is 0 Å². The molecule has 0 bridgehead atoms. The van der Waals surface area contributed by atoms with E-state index in [2.05, 4.69) is 0 Å². The Morgan fingerprint density at radius 2 is 1.41 bits per heavy atom. The van der Waals surface area contributed by atoms with E-state index in [0.29, 0.717) is 34.1 Å². The van der Waals surface area contributed by atoms with E-state index in [-0.39, 0.29) is 22.1 Å². The van der Waals surface area contributed by atoms with Crippen LogP contribution in [0.2, 0.25) is 0 Å². The number of methoxy groups -OCH3 is 4. The van der Waals surface area contributed by atoms with Crippen molar-refractivity contribution in [3.05, 3.63) is 65.2 Å². The highest BCUT2D eigenvalue weighted by Crippen LogP contribution is 2.39. The van der Waals surface area contributed by atoms with Crippen LogP contribution in [-0.2, 0) is 15.6 Å². The van der Waals surface area contributed by atoms with E-state index in [0.717, 1.165) is 5.56 Å². The highest BCUT2D eigenvalue weighted by atomic mass is 32.2. The minimum atomic E-state index is -3.69. The third kappa shape index (κ3) is 5.37. The highest BCUT2D eigenvalue weighted by molar-refractivity contribution is 7.90. The Bertz CT molecular complexity index is 1270. The standard InChI is InChI=1S/C25H27NO7S/c1-30-22-14-18(15-34(28,29)20-9-7-19(26)8-10-20)17(13-21(22)27)6-5-16-11-23(31-2)25(33-4)24(12-16)32-3/h5-14,27H,15,26H2,1-4H3/b6-5-. The lowest BCUT2D eigenvalue weighted by atomic mass is 10.1. The summed E-state index contributed by atoms with van der Waals surface area (Å²) in [6.07, 6.45) is 3.46. The Morgan fingerprint density at radius 1 is 0.824 bits per heavy atom. The quantitative estimate of drug-likeness (QED) is 0.343. The summed E-state index contributed by atoms with van der Waals surface area (Å²) in [6, 6.07) is 12.5. The summed E-state index contributed by atoms with van der Waals surface area (Å²) in [4.78, 5) is 0.147. The highest BCUT2D eigenvalue weighted by Gasteiger charge is 2.19. The summed E-state index contributed by atoms with van der Waals surface area (Å²) in [5, 5.41) is 10.3. The van der Waals surface area contributed by atoms with Crippen LogP contribution in [0.25, 0.3) is 12.2 Å². The Morgan fingerprint density at radius 3 is 1.94 bits per heavy atom. The number of hydrogen-bond donors (Lipinski definition) is 2. The van der Waals surface area contributed by atoms with Crippen LogP contribution in [0.5, 0.6) is 28.7 Å². The second kappa shape index (κ2) is 10.4. The van der Waals surface area contributed by atoms with Gasteiger partial charge in [0, 0.05) is 5.69 Å². The molecule has 3 aromatic rings. The Balaban J connectivity index is 2.04. The number of benzene rings is 3. The number of nitrogens with two attached hydrogens (primary N) is 1. The van der Waals surface area contributed by atoms with Crippen LogP contribution in [0.1, 0.15) is 16.7 Å². The molecule has 0 unspecified atom stereocenters. The number of nitrogen functional groups attached to an aromatic ring is 1. The molecular weight excluding hydrogens is 458 g/mol. The SMILES string of the molecule is COc1cc(CS(=O)(=O)c2ccc(N)cc2)c(/C=C\c2cc(OC)c(OC)c(OC)c2)cc1O. The van der Waals surface area contributed by atoms with Gasteiger partial charge in [0.2, 0.25) is 5.75 Å². The van der Waals surface area contributed by atoms with E-state index >= 15 is 0 Å². The molecule has 0 aliphatic heterocycles. The van der Waals surface area contributed by atoms with Crippen molar-refractivity contribution in [3.8, 4) is 28.7 Å². The van der Waals surface area contributed by atoms with E-state index in [1.165, 1.54) is 64.8 Å². The fourth-order valence-corrected chi connectivity index (χ4v) is 4.79. The molecule has 0 saturated heterocycles. The van der Waals surface area contributed by atoms with Crippen molar-refractivity contribution in [2.75, 3.05) is 34.2 Å². The summed E-state index contributed by atoms with van der Waals surface area (Å²) in [7, 11) is 2.27. The van der Waals surface area contributed by atoms with Crippen LogP contribution in [0.3, 0.4) is 0 Å². The van der Waals surface area contributed by atoms with Crippen LogP contribution in [0, 0.1) is 0 Å². The molecule has 0 saturated carbocycles. The molecule has 0 spiro atoms. The first-order chi connectivity index (χ1) is 16.2. The van der Waals surface area contributed by atoms with E-state index in [1.54, 1.807) is 24.3 Å². The van der Waals surface area contributed by atoms with Crippen LogP contribution in [-0.4, -0.2) is 42.0 Å². The van der Waals surface area contributed by atoms with Crippen molar-refractivity contribution >= 4 is 27.7 Å². The average molecular weight is 486 g/mol. The second-order valence-corrected chi connectivity index (χ2v) is 9.33. The fourth-order valence-electron chi connectivity index (χ4n) is 3.42. The van der Waals surface area contributed by atoms with Gasteiger partial charge in [0.25, 0.3) is 0 Å². The van der Waals surface area contributed by atoms with Crippen LogP contribution in [0.15, 0.2) is 53.4 Å². The van der Waals surface area contributed by atoms with Gasteiger partial charge in [-0.1, -0.05) is 12.2 Å². The molecule has 8 nitrogen and oxygen atoms in total. The number of phenols is 1. The monoisotopic (exact) mass is 485 g/mol. The number of aromatic hydroxyl groups is 1. The zero-order valence-electron chi connectivity index (χ0n) is 19.4. The predicted octanol–water partition coefficient (Wildman–Crippen LogP) is 4.15. The average Bonchev–Trinajstić information content (AvgIpc) is 2.83. The lowest BCUT2D eigenvalue weighted by Crippen LogP contribution is -2.07. The Labute approximate surface area is 199 Å². The second-order valence-electron chi connectivity index (χ2n) is 7.34. The lowest BCUT2D eigenvalue weighted by molar-refractivity contribution is 0.324. The first-order valence-electron chi connectivity index (χ1n) is 10.2. The number of anilines is 1. The number of hydrogen-bond acceptors (Lipinski definition) is 8. The maximum Gasteiger partial charge on any atom is 0.203 e. The van der Waals surface area contributed by atoms with Gasteiger partial charge < -0.3 is 29.8 Å². The summed E-state index contributed by atoms with van der Waals surface area (Å²) in [6.45, 7) is 0. The molecule has 0 heterocycles. The Kier molecular flexibility index (Phi) is 7.57. The molecule has 0 aliphatic carbocycles. The van der Waals surface area contributed by atoms with Gasteiger partial charge in [-0.25, -0.2) is 8.42 Å². The molecule has 34 heavy (non-hydrogen) atoms. The molecule has 0 aromatic heterocycles. The van der Waals surface area contributed by atoms with Crippen molar-refractivity contribution in [2.24, 2.45) is 0 Å². The molecule has 0 atom stereocenters. The lowest BCUT2D eigenvalue weighted by Gasteiger charge is -2.13. The number of phenolic OH excluding ortho intramolecular Hbond substituents is 1. The third-order valence-corrected chi connectivity index (χ3v) is 6.85. The number of rotatable bonds is 9. The van der Waals surface area contributed by atoms with E-state index < -0.39 is 9.84 Å². The topological polar surface area (TPSA) is 117 Å². The zero-order chi connectivity index (χ0) is 24.9. The third-order valence-electron chi connectivity index (χ3n) is 5.17. The fraction of sp³-hybridized carbons (Fsp3) is 0.200. The van der Waals surface area contributed by atoms with Gasteiger partial charge in [0.05, 0.1) is 39.1 Å². The molecule has 0 amide bonds. The maximum absolute atomic E-state index is 13.0. The van der Waals surface area contributed by atoms with Crippen molar-refractivity contribution in [1.82, 2.24) is 0 Å². The minimum absolute atomic E-state index is 0.110. The molecule has 0 aliphatic rings. The van der Waals surface area contributed by atoms with Gasteiger partial charge in [-0.15, -0.1) is 0 Å². The normalized spacial score (nSPS) is 11.4. The van der Waals surface area contributed by atoms with E-state index in [9.17, 15) is 13.5 Å². The molecule has 3 aromatic carbocycles. The molecule has 3 N–H and O–H groups in total. The van der Waals surface area contributed by atoms with E-state index in [4.69, 9.17) is 24.7 Å². The van der Waals surface area contributed by atoms with Gasteiger partial charge in [0.15, 0.2) is 32.8 Å². The summed E-state index contributed by atoms with van der Waals surface area (Å²) >= 11 is 0. The zero-order valence-corrected chi connectivity index (χ0v) is 20.2. The van der Waals surface area contributed by atoms with Gasteiger partial charge in [-0.05, 0) is 65.2 Å². The molecule has 3 rings (SSSR count). The van der Waals surface area contributed by atoms with Gasteiger partial charge in [0.1, 0.15) is 0 Å². The maximum atomic E-state index is 13.0. The number of ether oxygens (including phenoxy) is 4. The van der Waals surface area contributed by atoms with Crippen molar-refractivity contribution < 1.29 is 32.5 Å². The summed E-state index contributed by atoms with van der Waals surface area (Å²) < 4.78 is 47.4. The first kappa shape index (κ1) is 24.8. The first-order valence-corrected chi connectivity index (χ1v) is 11.8. The largest absolute Gasteiger partial charge is 0.504 e. The van der Waals surface area contributed by atoms with Gasteiger partial charge >= 0.3 is 0 Å². The van der Waals surface area contributed by atoms with Gasteiger partial charge in [-0.2, -0.15) is 0 Å². The molecule has 180 valence electrons.